The number of rotatable bonds is 4. The van der Waals surface area contributed by atoms with E-state index in [-0.39, 0.29) is 18.3 Å². The number of benzene rings is 2. The Morgan fingerprint density at radius 2 is 2.05 bits per heavy atom. The lowest BCUT2D eigenvalue weighted by atomic mass is 10.2. The fraction of sp³-hybridized carbons (Fsp3) is 0.118. The molecule has 112 valence electrons. The molecule has 1 aromatic heterocycles. The van der Waals surface area contributed by atoms with Crippen molar-refractivity contribution < 1.29 is 19.1 Å². The van der Waals surface area contributed by atoms with Gasteiger partial charge in [0, 0.05) is 11.1 Å². The average Bonchev–Trinajstić information content (AvgIpc) is 2.99. The highest BCUT2D eigenvalue weighted by atomic mass is 16.5. The first kappa shape index (κ1) is 14.2. The number of hydrogen-bond acceptors (Lipinski definition) is 4. The van der Waals surface area contributed by atoms with Crippen LogP contribution < -0.4 is 10.1 Å². The molecule has 0 saturated carbocycles. The highest BCUT2D eigenvalue weighted by molar-refractivity contribution is 6.05. The number of carbonyl (C=O) groups is 1. The third kappa shape index (κ3) is 2.66. The van der Waals surface area contributed by atoms with Gasteiger partial charge in [-0.25, -0.2) is 0 Å². The number of ether oxygens (including phenoxy) is 1. The Morgan fingerprint density at radius 3 is 2.82 bits per heavy atom. The summed E-state index contributed by atoms with van der Waals surface area (Å²) in [7, 11) is 1.55. The fourth-order valence-electron chi connectivity index (χ4n) is 2.25. The van der Waals surface area contributed by atoms with Gasteiger partial charge in [-0.3, -0.25) is 4.79 Å². The van der Waals surface area contributed by atoms with E-state index in [0.29, 0.717) is 17.0 Å². The number of fused-ring (bicyclic) bond motifs is 1. The third-order valence-corrected chi connectivity index (χ3v) is 3.32. The summed E-state index contributed by atoms with van der Waals surface area (Å²) in [5.41, 5.74) is 1.87. The van der Waals surface area contributed by atoms with E-state index in [1.54, 1.807) is 43.5 Å². The summed E-state index contributed by atoms with van der Waals surface area (Å²) in [6.45, 7) is -0.0778. The van der Waals surface area contributed by atoms with Gasteiger partial charge in [0.15, 0.2) is 17.1 Å². The van der Waals surface area contributed by atoms with Crippen LogP contribution in [-0.2, 0) is 6.61 Å². The van der Waals surface area contributed by atoms with Crippen LogP contribution in [0.25, 0.3) is 11.0 Å². The maximum Gasteiger partial charge on any atom is 0.291 e. The molecule has 0 spiro atoms. The smallest absolute Gasteiger partial charge is 0.291 e. The number of nitrogens with one attached hydrogen (secondary N) is 1. The molecule has 0 fully saturated rings. The summed E-state index contributed by atoms with van der Waals surface area (Å²) < 4.78 is 10.8. The van der Waals surface area contributed by atoms with Gasteiger partial charge in [0.1, 0.15) is 0 Å². The summed E-state index contributed by atoms with van der Waals surface area (Å²) in [6.07, 6.45) is 0. The van der Waals surface area contributed by atoms with E-state index < -0.39 is 0 Å². The van der Waals surface area contributed by atoms with Crippen molar-refractivity contribution in [2.24, 2.45) is 0 Å². The number of anilines is 1. The van der Waals surface area contributed by atoms with Crippen molar-refractivity contribution >= 4 is 22.6 Å². The second-order valence-corrected chi connectivity index (χ2v) is 4.80. The summed E-state index contributed by atoms with van der Waals surface area (Å²) in [6, 6.07) is 14.1. The first-order chi connectivity index (χ1) is 10.7. The molecule has 0 aliphatic heterocycles. The Hall–Kier alpha value is -2.79. The largest absolute Gasteiger partial charge is 0.493 e. The van der Waals surface area contributed by atoms with E-state index in [9.17, 15) is 4.79 Å². The molecule has 5 nitrogen and oxygen atoms in total. The number of amides is 1. The molecule has 0 radical (unpaired) electrons. The van der Waals surface area contributed by atoms with Gasteiger partial charge in [0.05, 0.1) is 13.7 Å². The van der Waals surface area contributed by atoms with Crippen molar-refractivity contribution in [3.8, 4) is 5.75 Å². The van der Waals surface area contributed by atoms with Crippen LogP contribution in [0.3, 0.4) is 0 Å². The molecular formula is C17H15NO4. The van der Waals surface area contributed by atoms with Crippen LogP contribution >= 0.6 is 0 Å². The summed E-state index contributed by atoms with van der Waals surface area (Å²) in [5.74, 6) is 0.432. The first-order valence-corrected chi connectivity index (χ1v) is 6.79. The van der Waals surface area contributed by atoms with Gasteiger partial charge in [-0.2, -0.15) is 0 Å². The zero-order valence-electron chi connectivity index (χ0n) is 12.0. The predicted octanol–water partition coefficient (Wildman–Crippen LogP) is 3.19. The first-order valence-electron chi connectivity index (χ1n) is 6.79. The van der Waals surface area contributed by atoms with Crippen molar-refractivity contribution in [3.63, 3.8) is 0 Å². The fourth-order valence-corrected chi connectivity index (χ4v) is 2.25. The van der Waals surface area contributed by atoms with Crippen molar-refractivity contribution in [3.05, 3.63) is 59.9 Å². The number of methoxy groups -OCH3 is 1. The summed E-state index contributed by atoms with van der Waals surface area (Å²) >= 11 is 0. The molecule has 0 atom stereocenters. The van der Waals surface area contributed by atoms with Crippen LogP contribution in [0, 0.1) is 0 Å². The number of aliphatic hydroxyl groups is 1. The second kappa shape index (κ2) is 5.91. The Labute approximate surface area is 127 Å². The van der Waals surface area contributed by atoms with Gasteiger partial charge < -0.3 is 19.6 Å². The molecule has 3 aromatic rings. The number of carbonyl (C=O) groups excluding carboxylic acids is 1. The molecule has 2 aromatic carbocycles. The van der Waals surface area contributed by atoms with Crippen LogP contribution in [0.15, 0.2) is 52.9 Å². The molecule has 3 rings (SSSR count). The van der Waals surface area contributed by atoms with E-state index >= 15 is 0 Å². The maximum absolute atomic E-state index is 12.3. The lowest BCUT2D eigenvalue weighted by Crippen LogP contribution is -2.10. The van der Waals surface area contributed by atoms with Crippen LogP contribution in [0.4, 0.5) is 5.69 Å². The van der Waals surface area contributed by atoms with E-state index in [1.165, 1.54) is 0 Å². The minimum Gasteiger partial charge on any atom is -0.493 e. The minimum atomic E-state index is -0.353. The molecule has 5 heteroatoms. The van der Waals surface area contributed by atoms with Crippen molar-refractivity contribution in [2.75, 3.05) is 12.4 Å². The Morgan fingerprint density at radius 1 is 1.23 bits per heavy atom. The van der Waals surface area contributed by atoms with Gasteiger partial charge in [0.2, 0.25) is 0 Å². The molecule has 22 heavy (non-hydrogen) atoms. The molecule has 1 heterocycles. The lowest BCUT2D eigenvalue weighted by molar-refractivity contribution is 0.0998. The maximum atomic E-state index is 12.3. The van der Waals surface area contributed by atoms with Crippen LogP contribution in [-0.4, -0.2) is 18.1 Å². The molecule has 1 amide bonds. The molecule has 0 aliphatic carbocycles. The van der Waals surface area contributed by atoms with Crippen molar-refractivity contribution in [1.82, 2.24) is 0 Å². The normalized spacial score (nSPS) is 10.6. The highest BCUT2D eigenvalue weighted by Gasteiger charge is 2.15. The Bertz CT molecular complexity index is 822. The molecule has 0 aliphatic rings. The van der Waals surface area contributed by atoms with E-state index in [0.717, 1.165) is 10.9 Å². The molecular weight excluding hydrogens is 282 g/mol. The van der Waals surface area contributed by atoms with E-state index in [4.69, 9.17) is 14.3 Å². The van der Waals surface area contributed by atoms with Crippen LogP contribution in [0.5, 0.6) is 5.75 Å². The van der Waals surface area contributed by atoms with E-state index in [1.807, 2.05) is 12.1 Å². The number of para-hydroxylation sites is 1. The monoisotopic (exact) mass is 297 g/mol. The SMILES string of the molecule is COc1cccc2cc(C(=O)Nc3cccc(CO)c3)oc12. The Kier molecular flexibility index (Phi) is 3.80. The minimum absolute atomic E-state index is 0.0778. The second-order valence-electron chi connectivity index (χ2n) is 4.80. The molecule has 0 unspecified atom stereocenters. The third-order valence-electron chi connectivity index (χ3n) is 3.32. The van der Waals surface area contributed by atoms with Crippen LogP contribution in [0.2, 0.25) is 0 Å². The van der Waals surface area contributed by atoms with E-state index in [2.05, 4.69) is 5.32 Å². The average molecular weight is 297 g/mol. The highest BCUT2D eigenvalue weighted by Crippen LogP contribution is 2.28. The van der Waals surface area contributed by atoms with Crippen LogP contribution in [0.1, 0.15) is 16.1 Å². The number of furan rings is 1. The summed E-state index contributed by atoms with van der Waals surface area (Å²) in [5, 5.41) is 12.7. The number of hydrogen-bond donors (Lipinski definition) is 2. The zero-order valence-corrected chi connectivity index (χ0v) is 12.0. The van der Waals surface area contributed by atoms with Crippen molar-refractivity contribution in [2.45, 2.75) is 6.61 Å². The Balaban J connectivity index is 1.88. The molecule has 0 saturated heterocycles. The molecule has 0 bridgehead atoms. The van der Waals surface area contributed by atoms with Gasteiger partial charge in [-0.05, 0) is 29.8 Å². The van der Waals surface area contributed by atoms with Gasteiger partial charge in [-0.1, -0.05) is 24.3 Å². The predicted molar refractivity (Wildman–Crippen MR) is 83.1 cm³/mol. The topological polar surface area (TPSA) is 71.7 Å². The zero-order chi connectivity index (χ0) is 15.5. The standard InChI is InChI=1S/C17H15NO4/c1-21-14-7-3-5-12-9-15(22-16(12)14)17(20)18-13-6-2-4-11(8-13)10-19/h2-9,19H,10H2,1H3,(H,18,20). The van der Waals surface area contributed by atoms with Crippen molar-refractivity contribution in [1.29, 1.82) is 0 Å². The summed E-state index contributed by atoms with van der Waals surface area (Å²) in [4.78, 5) is 12.3. The quantitative estimate of drug-likeness (QED) is 0.776. The van der Waals surface area contributed by atoms with Gasteiger partial charge in [0.25, 0.3) is 5.91 Å². The number of aliphatic hydroxyl groups excluding tert-OH is 1. The van der Waals surface area contributed by atoms with Gasteiger partial charge in [-0.15, -0.1) is 0 Å². The lowest BCUT2D eigenvalue weighted by Gasteiger charge is -2.04. The van der Waals surface area contributed by atoms with Gasteiger partial charge >= 0.3 is 0 Å². The molecule has 2 N–H and O–H groups in total.